The topological polar surface area (TPSA) is 43.9 Å². The van der Waals surface area contributed by atoms with Gasteiger partial charge in [-0.3, -0.25) is 4.98 Å². The van der Waals surface area contributed by atoms with Crippen LogP contribution in [0.15, 0.2) is 131 Å². The average molecular weight is 990 g/mol. The van der Waals surface area contributed by atoms with Crippen LogP contribution in [-0.4, -0.2) is 28.9 Å². The zero-order valence-corrected chi connectivity index (χ0v) is 40.2. The smallest absolute Gasteiger partial charge is 0.0798 e. The van der Waals surface area contributed by atoms with Gasteiger partial charge in [-0.25, -0.2) is 0 Å². The molecule has 0 aliphatic carbocycles. The van der Waals surface area contributed by atoms with Crippen LogP contribution in [-0.2, 0) is 26.5 Å². The van der Waals surface area contributed by atoms with Gasteiger partial charge in [-0.1, -0.05) is 144 Å². The third-order valence-electron chi connectivity index (χ3n) is 10.7. The first-order chi connectivity index (χ1) is 27.8. The van der Waals surface area contributed by atoms with Crippen LogP contribution < -0.4 is 5.19 Å². The predicted molar refractivity (Wildman–Crippen MR) is 251 cm³/mol. The van der Waals surface area contributed by atoms with Gasteiger partial charge in [0.15, 0.2) is 0 Å². The van der Waals surface area contributed by atoms with Crippen molar-refractivity contribution >= 4 is 47.0 Å². The van der Waals surface area contributed by atoms with E-state index < -0.39 is 8.07 Å². The number of rotatable bonds is 10. The minimum atomic E-state index is -1.34. The number of hydrogen-bond acceptors (Lipinski definition) is 4. The van der Waals surface area contributed by atoms with E-state index in [1.165, 1.54) is 43.6 Å². The number of pyridine rings is 1. The number of para-hydroxylation sites is 2. The van der Waals surface area contributed by atoms with Crippen LogP contribution in [0.3, 0.4) is 0 Å². The first kappa shape index (κ1) is 44.0. The predicted octanol–water partition coefficient (Wildman–Crippen LogP) is 14.2. The summed E-state index contributed by atoms with van der Waals surface area (Å²) in [5.74, 6) is 2.15. The molecule has 0 spiro atoms. The van der Waals surface area contributed by atoms with Crippen LogP contribution in [0.4, 0.5) is 0 Å². The van der Waals surface area contributed by atoms with Gasteiger partial charge in [-0.2, -0.15) is 0 Å². The Hall–Kier alpha value is -4.52. The van der Waals surface area contributed by atoms with E-state index in [1.54, 1.807) is 11.8 Å². The number of thioether (sulfide) groups is 1. The van der Waals surface area contributed by atoms with Crippen molar-refractivity contribution in [3.8, 4) is 39.5 Å². The summed E-state index contributed by atoms with van der Waals surface area (Å²) in [5.41, 5.74) is 13.7. The van der Waals surface area contributed by atoms with Gasteiger partial charge in [0.25, 0.3) is 0 Å². The summed E-state index contributed by atoms with van der Waals surface area (Å²) in [4.78, 5) is 11.1. The maximum atomic E-state index is 5.93. The zero-order chi connectivity index (χ0) is 41.1. The molecule has 1 radical (unpaired) electrons. The molecular weight excluding hydrogens is 935 g/mol. The van der Waals surface area contributed by atoms with Crippen molar-refractivity contribution in [3.05, 3.63) is 150 Å². The number of fused-ring (bicyclic) bond motifs is 2. The van der Waals surface area contributed by atoms with E-state index in [-0.39, 0.29) is 20.1 Å². The molecule has 0 aliphatic rings. The minimum absolute atomic E-state index is 0. The van der Waals surface area contributed by atoms with E-state index >= 15 is 0 Å². The third kappa shape index (κ3) is 9.60. The molecule has 3 heterocycles. The molecule has 0 unspecified atom stereocenters. The van der Waals surface area contributed by atoms with E-state index in [2.05, 4.69) is 187 Å². The first-order valence-electron chi connectivity index (χ1n) is 20.5. The molecule has 0 saturated carbocycles. The Balaban J connectivity index is 0.000000236. The Morgan fingerprint density at radius 1 is 0.763 bits per heavy atom. The number of nitrogens with zero attached hydrogens (tertiary/aromatic N) is 3. The average Bonchev–Trinajstić information content (AvgIpc) is 3.81. The molecule has 305 valence electrons. The van der Waals surface area contributed by atoms with Crippen LogP contribution >= 0.6 is 11.8 Å². The Morgan fingerprint density at radius 3 is 2.07 bits per heavy atom. The van der Waals surface area contributed by atoms with E-state index in [1.807, 2.05) is 24.3 Å². The van der Waals surface area contributed by atoms with Crippen LogP contribution in [0.1, 0.15) is 70.1 Å². The normalized spacial score (nSPS) is 11.7. The van der Waals surface area contributed by atoms with Crippen LogP contribution in [0.2, 0.25) is 19.6 Å². The number of imidazole rings is 1. The fourth-order valence-corrected chi connectivity index (χ4v) is 9.79. The van der Waals surface area contributed by atoms with Crippen molar-refractivity contribution in [2.75, 3.05) is 6.26 Å². The molecule has 8 aromatic rings. The standard InChI is InChI=1S/C34H31N2OS.C18H24NSi.Ir/c1-21(2)26-17-24(23-11-7-6-8-12-23)18-27(22(3)4)33(26)36-31-14-10-9-13-30(31)35-34(36)29-20-37-32-16-15-25(38-5)19-28(29)32;1-14(2)11-16-12-17(15-9-7-6-8-10-15)19-13-18(16)20(3,4)5;/h6-19,21-22H,1-5H3;6-9,12-14H,11H2,1-5H3;/q2*-1;. The molecule has 59 heavy (non-hydrogen) atoms. The fourth-order valence-electron chi connectivity index (χ4n) is 7.76. The molecule has 7 heteroatoms. The second-order valence-electron chi connectivity index (χ2n) is 17.2. The fraction of sp³-hybridized carbons (Fsp3) is 0.269. The maximum Gasteiger partial charge on any atom is 0.0798 e. The first-order valence-corrected chi connectivity index (χ1v) is 25.2. The van der Waals surface area contributed by atoms with E-state index in [0.717, 1.165) is 51.1 Å². The van der Waals surface area contributed by atoms with Gasteiger partial charge in [0, 0.05) is 43.8 Å². The van der Waals surface area contributed by atoms with Crippen molar-refractivity contribution in [3.63, 3.8) is 0 Å². The summed E-state index contributed by atoms with van der Waals surface area (Å²) in [6, 6.07) is 43.7. The van der Waals surface area contributed by atoms with E-state index in [9.17, 15) is 0 Å². The number of hydrogen-bond donors (Lipinski definition) is 0. The molecule has 5 aromatic carbocycles. The molecule has 0 aliphatic heterocycles. The van der Waals surface area contributed by atoms with Crippen LogP contribution in [0, 0.1) is 18.2 Å². The van der Waals surface area contributed by atoms with E-state index in [4.69, 9.17) is 9.40 Å². The zero-order valence-electron chi connectivity index (χ0n) is 36.0. The quantitative estimate of drug-likeness (QED) is 0.0778. The summed E-state index contributed by atoms with van der Waals surface area (Å²) >= 11 is 1.73. The maximum absolute atomic E-state index is 5.93. The molecule has 3 aromatic heterocycles. The second kappa shape index (κ2) is 18.8. The van der Waals surface area contributed by atoms with Crippen molar-refractivity contribution in [1.82, 2.24) is 14.5 Å². The Bertz CT molecular complexity index is 2630. The molecule has 0 fully saturated rings. The van der Waals surface area contributed by atoms with Crippen LogP contribution in [0.5, 0.6) is 0 Å². The minimum Gasteiger partial charge on any atom is -0.557 e. The van der Waals surface area contributed by atoms with Gasteiger partial charge in [0.05, 0.1) is 24.9 Å². The Morgan fingerprint density at radius 2 is 1.44 bits per heavy atom. The van der Waals surface area contributed by atoms with Gasteiger partial charge >= 0.3 is 0 Å². The second-order valence-corrected chi connectivity index (χ2v) is 23.1. The molecule has 8 rings (SSSR count). The van der Waals surface area contributed by atoms with Crippen molar-refractivity contribution in [2.24, 2.45) is 5.92 Å². The van der Waals surface area contributed by atoms with Crippen LogP contribution in [0.25, 0.3) is 61.5 Å². The summed E-state index contributed by atoms with van der Waals surface area (Å²) in [5, 5.41) is 2.53. The molecule has 0 N–H and O–H groups in total. The number of aromatic nitrogens is 3. The molecule has 0 bridgehead atoms. The molecule has 4 nitrogen and oxygen atoms in total. The van der Waals surface area contributed by atoms with Gasteiger partial charge < -0.3 is 14.0 Å². The largest absolute Gasteiger partial charge is 0.557 e. The van der Waals surface area contributed by atoms with Gasteiger partial charge in [0.2, 0.25) is 0 Å². The molecule has 0 atom stereocenters. The van der Waals surface area contributed by atoms with Gasteiger partial charge in [0.1, 0.15) is 0 Å². The number of furan rings is 1. The SMILES string of the molecule is CC(C)Cc1cc(-c2[c-]cccc2)ncc1[Si](C)(C)C.CSc1ccc2o[c-]c(-c3nc4ccccc4n3-c3c(C(C)C)cc(-c4ccccc4)cc3C(C)C)c2c1.[Ir]. The Kier molecular flexibility index (Phi) is 14.0. The van der Waals surface area contributed by atoms with Crippen molar-refractivity contribution in [1.29, 1.82) is 0 Å². The van der Waals surface area contributed by atoms with Crippen molar-refractivity contribution in [2.45, 2.75) is 84.3 Å². The third-order valence-corrected chi connectivity index (χ3v) is 13.4. The number of benzene rings is 5. The summed E-state index contributed by atoms with van der Waals surface area (Å²) in [6.07, 6.45) is 8.55. The summed E-state index contributed by atoms with van der Waals surface area (Å²) in [6.45, 7) is 20.8. The van der Waals surface area contributed by atoms with Crippen molar-refractivity contribution < 1.29 is 24.5 Å². The summed E-state index contributed by atoms with van der Waals surface area (Å²) in [7, 11) is -1.34. The molecule has 0 amide bonds. The van der Waals surface area contributed by atoms with E-state index in [0.29, 0.717) is 17.8 Å². The van der Waals surface area contributed by atoms with Gasteiger partial charge in [-0.05, 0) is 92.7 Å². The monoisotopic (exact) mass is 990 g/mol. The molecular formula is C52H55IrN3OSSi-2. The molecule has 0 saturated heterocycles. The Labute approximate surface area is 370 Å². The van der Waals surface area contributed by atoms with Gasteiger partial charge in [-0.15, -0.1) is 47.7 Å². The summed E-state index contributed by atoms with van der Waals surface area (Å²) < 4.78 is 8.28.